The lowest BCUT2D eigenvalue weighted by atomic mass is 10.0. The number of ether oxygens (including phenoxy) is 2. The molecule has 0 aromatic heterocycles. The van der Waals surface area contributed by atoms with E-state index in [-0.39, 0.29) is 28.9 Å². The minimum atomic E-state index is -3.79. The first-order chi connectivity index (χ1) is 16.6. The molecule has 0 bridgehead atoms. The monoisotopic (exact) mass is 503 g/mol. The third-order valence-electron chi connectivity index (χ3n) is 6.57. The summed E-state index contributed by atoms with van der Waals surface area (Å²) in [6.07, 6.45) is -0.116. The van der Waals surface area contributed by atoms with E-state index in [0.29, 0.717) is 30.2 Å². The van der Waals surface area contributed by atoms with Gasteiger partial charge in [-0.2, -0.15) is 0 Å². The highest BCUT2D eigenvalue weighted by atomic mass is 32.2. The second-order valence-corrected chi connectivity index (χ2v) is 11.0. The molecule has 3 atom stereocenters. The highest BCUT2D eigenvalue weighted by Gasteiger charge is 2.28. The van der Waals surface area contributed by atoms with Crippen molar-refractivity contribution in [1.29, 1.82) is 0 Å². The van der Waals surface area contributed by atoms with Gasteiger partial charge in [-0.1, -0.05) is 31.5 Å². The summed E-state index contributed by atoms with van der Waals surface area (Å²) in [6.45, 7) is 10.7. The van der Waals surface area contributed by atoms with Crippen molar-refractivity contribution in [2.45, 2.75) is 44.7 Å². The number of hydrogen-bond donors (Lipinski definition) is 1. The topological polar surface area (TPSA) is 88.2 Å². The fraction of sp³-hybridized carbons (Fsp3) is 0.500. The summed E-state index contributed by atoms with van der Waals surface area (Å²) in [5, 5.41) is 0. The van der Waals surface area contributed by atoms with E-state index >= 15 is 0 Å². The van der Waals surface area contributed by atoms with Gasteiger partial charge in [0.1, 0.15) is 12.4 Å². The number of amides is 1. The molecule has 1 N–H and O–H groups in total. The first-order valence-electron chi connectivity index (χ1n) is 11.9. The maximum atomic E-state index is 13.3. The summed E-state index contributed by atoms with van der Waals surface area (Å²) in [5.41, 5.74) is 1.68. The second kappa shape index (κ2) is 11.4. The van der Waals surface area contributed by atoms with E-state index in [1.807, 2.05) is 6.92 Å². The molecule has 0 aliphatic carbocycles. The average Bonchev–Trinajstić information content (AvgIpc) is 2.83. The third kappa shape index (κ3) is 6.54. The Morgan fingerprint density at radius 2 is 1.80 bits per heavy atom. The van der Waals surface area contributed by atoms with Gasteiger partial charge in [-0.05, 0) is 50.6 Å². The van der Waals surface area contributed by atoms with Crippen LogP contribution in [0.25, 0.3) is 0 Å². The standard InChI is InChI=1S/C26H37N3O5S/c1-7-29-15-19(3)25(33-6)16-28(5)26(30)23-13-10-21(14-24(23)34-17-20(29)4)27-35(31,32)22-11-8-18(2)9-12-22/h8-14,19-20,25,27H,7,15-17H2,1-6H3/t19-,20-,25-/m1/s1. The molecule has 0 saturated heterocycles. The molecule has 9 heteroatoms. The highest BCUT2D eigenvalue weighted by molar-refractivity contribution is 7.92. The normalized spacial score (nSPS) is 22.5. The quantitative estimate of drug-likeness (QED) is 0.671. The number of nitrogens with zero attached hydrogens (tertiary/aromatic N) is 2. The van der Waals surface area contributed by atoms with E-state index in [4.69, 9.17) is 9.47 Å². The number of anilines is 1. The molecule has 1 heterocycles. The predicted octanol–water partition coefficient (Wildman–Crippen LogP) is 3.62. The molecule has 35 heavy (non-hydrogen) atoms. The lowest BCUT2D eigenvalue weighted by Gasteiger charge is -2.35. The second-order valence-electron chi connectivity index (χ2n) is 9.31. The summed E-state index contributed by atoms with van der Waals surface area (Å²) in [6, 6.07) is 11.5. The molecule has 0 fully saturated rings. The molecule has 1 amide bonds. The van der Waals surface area contributed by atoms with Crippen LogP contribution in [-0.4, -0.2) is 76.7 Å². The van der Waals surface area contributed by atoms with Crippen LogP contribution in [0.4, 0.5) is 5.69 Å². The van der Waals surface area contributed by atoms with Crippen LogP contribution >= 0.6 is 0 Å². The van der Waals surface area contributed by atoms with Crippen molar-refractivity contribution in [2.24, 2.45) is 5.92 Å². The maximum absolute atomic E-state index is 13.3. The van der Waals surface area contributed by atoms with Crippen LogP contribution in [0.2, 0.25) is 0 Å². The van der Waals surface area contributed by atoms with Crippen molar-refractivity contribution < 1.29 is 22.7 Å². The fourth-order valence-electron chi connectivity index (χ4n) is 4.28. The number of fused-ring (bicyclic) bond motifs is 1. The number of rotatable bonds is 5. The van der Waals surface area contributed by atoms with Crippen molar-refractivity contribution in [2.75, 3.05) is 45.1 Å². The maximum Gasteiger partial charge on any atom is 0.261 e. The number of sulfonamides is 1. The van der Waals surface area contributed by atoms with Gasteiger partial charge >= 0.3 is 0 Å². The summed E-state index contributed by atoms with van der Waals surface area (Å²) >= 11 is 0. The zero-order valence-corrected chi connectivity index (χ0v) is 22.3. The lowest BCUT2D eigenvalue weighted by Crippen LogP contribution is -2.46. The predicted molar refractivity (Wildman–Crippen MR) is 138 cm³/mol. The Bertz CT molecular complexity index is 1120. The van der Waals surface area contributed by atoms with Gasteiger partial charge in [-0.3, -0.25) is 14.4 Å². The minimum Gasteiger partial charge on any atom is -0.491 e. The zero-order chi connectivity index (χ0) is 25.8. The van der Waals surface area contributed by atoms with Crippen molar-refractivity contribution >= 4 is 21.6 Å². The van der Waals surface area contributed by atoms with Gasteiger partial charge in [-0.15, -0.1) is 0 Å². The molecule has 2 aromatic carbocycles. The van der Waals surface area contributed by atoms with Crippen LogP contribution in [0.15, 0.2) is 47.4 Å². The van der Waals surface area contributed by atoms with Gasteiger partial charge in [-0.25, -0.2) is 8.42 Å². The molecule has 3 rings (SSSR count). The summed E-state index contributed by atoms with van der Waals surface area (Å²) in [5.74, 6) is 0.356. The Balaban J connectivity index is 1.95. The number of hydrogen-bond acceptors (Lipinski definition) is 6. The van der Waals surface area contributed by atoms with Crippen molar-refractivity contribution in [3.05, 3.63) is 53.6 Å². The number of likely N-dealkylation sites (N-methyl/N-ethyl adjacent to an activating group) is 2. The van der Waals surface area contributed by atoms with E-state index in [2.05, 4.69) is 30.4 Å². The molecule has 0 unspecified atom stereocenters. The fourth-order valence-corrected chi connectivity index (χ4v) is 5.33. The molecular formula is C26H37N3O5S. The van der Waals surface area contributed by atoms with Crippen LogP contribution < -0.4 is 9.46 Å². The van der Waals surface area contributed by atoms with E-state index in [1.165, 1.54) is 0 Å². The lowest BCUT2D eigenvalue weighted by molar-refractivity contribution is 0.0116. The van der Waals surface area contributed by atoms with Crippen molar-refractivity contribution in [3.8, 4) is 5.75 Å². The van der Waals surface area contributed by atoms with Gasteiger partial charge in [0.05, 0.1) is 22.3 Å². The molecule has 192 valence electrons. The van der Waals surface area contributed by atoms with Gasteiger partial charge in [0.2, 0.25) is 0 Å². The van der Waals surface area contributed by atoms with E-state index in [0.717, 1.165) is 18.7 Å². The van der Waals surface area contributed by atoms with E-state index < -0.39 is 10.0 Å². The molecule has 1 aliphatic rings. The smallest absolute Gasteiger partial charge is 0.261 e. The molecule has 8 nitrogen and oxygen atoms in total. The van der Waals surface area contributed by atoms with Gasteiger partial charge in [0.15, 0.2) is 0 Å². The van der Waals surface area contributed by atoms with Crippen LogP contribution in [-0.2, 0) is 14.8 Å². The van der Waals surface area contributed by atoms with Crippen LogP contribution in [0.3, 0.4) is 0 Å². The van der Waals surface area contributed by atoms with Crippen molar-refractivity contribution in [3.63, 3.8) is 0 Å². The first kappa shape index (κ1) is 27.0. The Hall–Kier alpha value is -2.62. The highest BCUT2D eigenvalue weighted by Crippen LogP contribution is 2.28. The first-order valence-corrected chi connectivity index (χ1v) is 13.4. The van der Waals surface area contributed by atoms with E-state index in [9.17, 15) is 13.2 Å². The Morgan fingerprint density at radius 1 is 1.11 bits per heavy atom. The molecule has 0 spiro atoms. The van der Waals surface area contributed by atoms with Gasteiger partial charge in [0, 0.05) is 39.4 Å². The number of carbonyl (C=O) groups excluding carboxylic acids is 1. The zero-order valence-electron chi connectivity index (χ0n) is 21.4. The molecule has 0 saturated carbocycles. The molecule has 0 radical (unpaired) electrons. The Labute approximate surface area is 209 Å². The summed E-state index contributed by atoms with van der Waals surface area (Å²) < 4.78 is 40.3. The Morgan fingerprint density at radius 3 is 2.43 bits per heavy atom. The number of methoxy groups -OCH3 is 1. The number of carbonyl (C=O) groups is 1. The van der Waals surface area contributed by atoms with Crippen LogP contribution in [0, 0.1) is 12.8 Å². The molecule has 2 aromatic rings. The third-order valence-corrected chi connectivity index (χ3v) is 7.96. The largest absolute Gasteiger partial charge is 0.491 e. The molecular weight excluding hydrogens is 466 g/mol. The molecule has 1 aliphatic heterocycles. The Kier molecular flexibility index (Phi) is 8.79. The number of nitrogens with one attached hydrogen (secondary N) is 1. The van der Waals surface area contributed by atoms with Crippen LogP contribution in [0.5, 0.6) is 5.75 Å². The van der Waals surface area contributed by atoms with E-state index in [1.54, 1.807) is 61.5 Å². The SMILES string of the molecule is CCN1C[C@@H](C)[C@H](OC)CN(C)C(=O)c2ccc(NS(=O)(=O)c3ccc(C)cc3)cc2OC[C@H]1C. The average molecular weight is 504 g/mol. The van der Waals surface area contributed by atoms with Gasteiger partial charge in [0.25, 0.3) is 15.9 Å². The minimum absolute atomic E-state index is 0.0907. The summed E-state index contributed by atoms with van der Waals surface area (Å²) in [7, 11) is -0.371. The van der Waals surface area contributed by atoms with Crippen LogP contribution in [0.1, 0.15) is 36.7 Å². The number of benzene rings is 2. The number of aryl methyl sites for hydroxylation is 1. The summed E-state index contributed by atoms with van der Waals surface area (Å²) in [4.78, 5) is 17.4. The van der Waals surface area contributed by atoms with Crippen molar-refractivity contribution in [1.82, 2.24) is 9.80 Å². The van der Waals surface area contributed by atoms with Gasteiger partial charge < -0.3 is 14.4 Å².